The predicted octanol–water partition coefficient (Wildman–Crippen LogP) is 2.03. The maximum absolute atomic E-state index is 12.8. The van der Waals surface area contributed by atoms with Crippen molar-refractivity contribution in [2.75, 3.05) is 0 Å². The topological polar surface area (TPSA) is 26.0 Å². The molecule has 0 fully saturated rings. The van der Waals surface area contributed by atoms with Crippen molar-refractivity contribution in [3.8, 4) is 0 Å². The van der Waals surface area contributed by atoms with E-state index in [0.717, 1.165) is 5.57 Å². The molecule has 0 radical (unpaired) electrons. The highest BCUT2D eigenvalue weighted by atomic mass is 19.1. The van der Waals surface area contributed by atoms with Gasteiger partial charge in [0.2, 0.25) is 0 Å². The third-order valence-electron chi connectivity index (χ3n) is 1.57. The summed E-state index contributed by atoms with van der Waals surface area (Å²) in [5.74, 6) is -0.231. The molecule has 0 spiro atoms. The molecule has 2 heteroatoms. The molecule has 0 aromatic rings. The van der Waals surface area contributed by atoms with Crippen LogP contribution < -0.4 is 5.73 Å². The summed E-state index contributed by atoms with van der Waals surface area (Å²) in [7, 11) is 0. The Labute approximate surface area is 59.7 Å². The first-order valence-corrected chi connectivity index (χ1v) is 3.13. The van der Waals surface area contributed by atoms with Gasteiger partial charge in [-0.3, -0.25) is 0 Å². The van der Waals surface area contributed by atoms with Crippen molar-refractivity contribution >= 4 is 0 Å². The molecule has 0 atom stereocenters. The zero-order valence-corrected chi connectivity index (χ0v) is 5.95. The van der Waals surface area contributed by atoms with E-state index in [4.69, 9.17) is 5.73 Å². The molecule has 1 nitrogen and oxygen atoms in total. The zero-order chi connectivity index (χ0) is 7.72. The van der Waals surface area contributed by atoms with Crippen molar-refractivity contribution in [2.24, 2.45) is 5.73 Å². The summed E-state index contributed by atoms with van der Waals surface area (Å²) in [6.07, 6.45) is 2.18. The molecule has 0 heterocycles. The lowest BCUT2D eigenvalue weighted by Gasteiger charge is -2.00. The van der Waals surface area contributed by atoms with Crippen LogP contribution in [0.5, 0.6) is 0 Å². The molecule has 2 N–H and O–H groups in total. The van der Waals surface area contributed by atoms with Crippen molar-refractivity contribution in [3.05, 3.63) is 35.3 Å². The highest BCUT2D eigenvalue weighted by Gasteiger charge is 2.14. The van der Waals surface area contributed by atoms with Crippen molar-refractivity contribution in [1.29, 1.82) is 0 Å². The molecule has 0 aliphatic heterocycles. The van der Waals surface area contributed by atoms with Crippen molar-refractivity contribution < 1.29 is 4.39 Å². The monoisotopic (exact) mass is 139 g/mol. The molecule has 0 aromatic heterocycles. The lowest BCUT2D eigenvalue weighted by atomic mass is 10.1. The summed E-state index contributed by atoms with van der Waals surface area (Å²) in [6, 6.07) is 0. The maximum Gasteiger partial charge on any atom is 0.128 e. The first-order valence-electron chi connectivity index (χ1n) is 3.13. The van der Waals surface area contributed by atoms with Crippen LogP contribution >= 0.6 is 0 Å². The second-order valence-electron chi connectivity index (χ2n) is 2.44. The van der Waals surface area contributed by atoms with Gasteiger partial charge < -0.3 is 5.73 Å². The third-order valence-corrected chi connectivity index (χ3v) is 1.57. The van der Waals surface area contributed by atoms with Crippen LogP contribution in [0.3, 0.4) is 0 Å². The number of rotatable bonds is 1. The van der Waals surface area contributed by atoms with E-state index in [-0.39, 0.29) is 5.83 Å². The van der Waals surface area contributed by atoms with E-state index in [1.807, 2.05) is 6.92 Å². The summed E-state index contributed by atoms with van der Waals surface area (Å²) in [5, 5.41) is 0. The Balaban J connectivity index is 3.01. The maximum atomic E-state index is 12.8. The van der Waals surface area contributed by atoms with Gasteiger partial charge in [-0.15, -0.1) is 0 Å². The van der Waals surface area contributed by atoms with E-state index >= 15 is 0 Å². The second kappa shape index (κ2) is 2.29. The molecule has 0 saturated heterocycles. The largest absolute Gasteiger partial charge is 0.399 e. The van der Waals surface area contributed by atoms with Gasteiger partial charge in [-0.2, -0.15) is 0 Å². The van der Waals surface area contributed by atoms with Crippen molar-refractivity contribution in [2.45, 2.75) is 13.3 Å². The molecule has 0 unspecified atom stereocenters. The minimum absolute atomic E-state index is 0.231. The lowest BCUT2D eigenvalue weighted by Crippen LogP contribution is -1.99. The normalized spacial score (nSPS) is 17.6. The summed E-state index contributed by atoms with van der Waals surface area (Å²) < 4.78 is 12.8. The first kappa shape index (κ1) is 7.06. The zero-order valence-electron chi connectivity index (χ0n) is 5.95. The summed E-state index contributed by atoms with van der Waals surface area (Å²) in [5.41, 5.74) is 7.13. The average molecular weight is 139 g/mol. The second-order valence-corrected chi connectivity index (χ2v) is 2.44. The quantitative estimate of drug-likeness (QED) is 0.591. The number of hydrogen-bond acceptors (Lipinski definition) is 1. The van der Waals surface area contributed by atoms with Gasteiger partial charge in [-0.05, 0) is 19.4 Å². The fourth-order valence-electron chi connectivity index (χ4n) is 1.08. The van der Waals surface area contributed by atoms with Crippen LogP contribution in [0.2, 0.25) is 0 Å². The number of hydrogen-bond donors (Lipinski definition) is 1. The summed E-state index contributed by atoms with van der Waals surface area (Å²) >= 11 is 0. The third kappa shape index (κ3) is 0.967. The van der Waals surface area contributed by atoms with Gasteiger partial charge in [0.05, 0.1) is 0 Å². The van der Waals surface area contributed by atoms with Crippen LogP contribution in [0.1, 0.15) is 13.3 Å². The van der Waals surface area contributed by atoms with Crippen molar-refractivity contribution in [1.82, 2.24) is 0 Å². The minimum Gasteiger partial charge on any atom is -0.399 e. The van der Waals surface area contributed by atoms with Gasteiger partial charge in [-0.25, -0.2) is 4.39 Å². The molecular weight excluding hydrogens is 129 g/mol. The lowest BCUT2D eigenvalue weighted by molar-refractivity contribution is 0.656. The molecule has 0 saturated carbocycles. The highest BCUT2D eigenvalue weighted by molar-refractivity contribution is 5.48. The van der Waals surface area contributed by atoms with Gasteiger partial charge in [-0.1, -0.05) is 12.2 Å². The molecule has 1 aliphatic carbocycles. The standard InChI is InChI=1S/C8H10FN/c1-5-3-4-7(9)8(5)6(2)10/h4H,2-3,10H2,1H3. The Bertz CT molecular complexity index is 236. The Hall–Kier alpha value is -1.05. The highest BCUT2D eigenvalue weighted by Crippen LogP contribution is 2.29. The minimum atomic E-state index is -0.231. The van der Waals surface area contributed by atoms with Gasteiger partial charge in [0.15, 0.2) is 0 Å². The van der Waals surface area contributed by atoms with Gasteiger partial charge in [0, 0.05) is 11.3 Å². The molecule has 1 aliphatic rings. The number of halogens is 1. The SMILES string of the molecule is C=C(N)C1=C(C)CC=C1F. The molecule has 0 amide bonds. The Morgan fingerprint density at radius 3 is 2.60 bits per heavy atom. The van der Waals surface area contributed by atoms with E-state index in [0.29, 0.717) is 17.7 Å². The van der Waals surface area contributed by atoms with Crippen LogP contribution in [0.15, 0.2) is 35.3 Å². The Kier molecular flexibility index (Phi) is 1.62. The Morgan fingerprint density at radius 1 is 1.80 bits per heavy atom. The van der Waals surface area contributed by atoms with Crippen LogP contribution in [0.25, 0.3) is 0 Å². The molecular formula is C8H10FN. The van der Waals surface area contributed by atoms with Crippen LogP contribution in [0.4, 0.5) is 4.39 Å². The number of allylic oxidation sites excluding steroid dienone is 3. The molecule has 54 valence electrons. The fraction of sp³-hybridized carbons (Fsp3) is 0.250. The molecule has 0 bridgehead atoms. The van der Waals surface area contributed by atoms with Gasteiger partial charge in [0.25, 0.3) is 0 Å². The van der Waals surface area contributed by atoms with E-state index < -0.39 is 0 Å². The molecule has 10 heavy (non-hydrogen) atoms. The van der Waals surface area contributed by atoms with E-state index in [1.165, 1.54) is 6.08 Å². The van der Waals surface area contributed by atoms with E-state index in [9.17, 15) is 4.39 Å². The van der Waals surface area contributed by atoms with Gasteiger partial charge >= 0.3 is 0 Å². The van der Waals surface area contributed by atoms with Crippen molar-refractivity contribution in [3.63, 3.8) is 0 Å². The van der Waals surface area contributed by atoms with Crippen LogP contribution in [0, 0.1) is 0 Å². The van der Waals surface area contributed by atoms with Gasteiger partial charge in [0.1, 0.15) is 5.83 Å². The average Bonchev–Trinajstić information content (AvgIpc) is 2.11. The van der Waals surface area contributed by atoms with E-state index in [2.05, 4.69) is 6.58 Å². The molecule has 0 aromatic carbocycles. The fourth-order valence-corrected chi connectivity index (χ4v) is 1.08. The predicted molar refractivity (Wildman–Crippen MR) is 39.8 cm³/mol. The first-order chi connectivity index (χ1) is 4.63. The molecule has 1 rings (SSSR count). The number of nitrogens with two attached hydrogens (primary N) is 1. The van der Waals surface area contributed by atoms with Crippen LogP contribution in [-0.4, -0.2) is 0 Å². The smallest absolute Gasteiger partial charge is 0.128 e. The summed E-state index contributed by atoms with van der Waals surface area (Å²) in [6.45, 7) is 5.33. The van der Waals surface area contributed by atoms with E-state index in [1.54, 1.807) is 0 Å². The van der Waals surface area contributed by atoms with Crippen LogP contribution in [-0.2, 0) is 0 Å². The summed E-state index contributed by atoms with van der Waals surface area (Å²) in [4.78, 5) is 0. The Morgan fingerprint density at radius 2 is 2.40 bits per heavy atom.